The molecule has 4 nitrogen and oxygen atoms in total. The minimum absolute atomic E-state index is 0.785. The van der Waals surface area contributed by atoms with Crippen molar-refractivity contribution in [3.05, 3.63) is 70.6 Å². The lowest BCUT2D eigenvalue weighted by molar-refractivity contribution is 1.23. The lowest BCUT2D eigenvalue weighted by Crippen LogP contribution is -2.00. The van der Waals surface area contributed by atoms with Gasteiger partial charge in [-0.25, -0.2) is 9.97 Å². The lowest BCUT2D eigenvalue weighted by atomic mass is 10.3. The fourth-order valence-electron chi connectivity index (χ4n) is 1.81. The number of aromatic nitrogens is 3. The number of thiazole rings is 1. The Morgan fingerprint density at radius 2 is 1.90 bits per heavy atom. The Morgan fingerprint density at radius 3 is 2.52 bits per heavy atom. The third kappa shape index (κ3) is 3.52. The van der Waals surface area contributed by atoms with E-state index in [-0.39, 0.29) is 0 Å². The van der Waals surface area contributed by atoms with Gasteiger partial charge in [-0.15, -0.1) is 11.3 Å². The highest BCUT2D eigenvalue weighted by Gasteiger charge is 2.08. The first-order valence-electron chi connectivity index (χ1n) is 6.54. The highest BCUT2D eigenvalue weighted by atomic mass is 32.1. The monoisotopic (exact) mass is 294 g/mol. The van der Waals surface area contributed by atoms with Crippen molar-refractivity contribution in [2.75, 3.05) is 5.32 Å². The summed E-state index contributed by atoms with van der Waals surface area (Å²) in [4.78, 5) is 13.2. The Bertz CT molecular complexity index is 735. The highest BCUT2D eigenvalue weighted by molar-refractivity contribution is 7.10. The maximum atomic E-state index is 4.54. The van der Waals surface area contributed by atoms with Crippen molar-refractivity contribution in [3.8, 4) is 0 Å². The quantitative estimate of drug-likeness (QED) is 0.794. The van der Waals surface area contributed by atoms with Crippen molar-refractivity contribution >= 4 is 28.9 Å². The zero-order valence-corrected chi connectivity index (χ0v) is 12.3. The molecular weight excluding hydrogens is 280 g/mol. The predicted molar refractivity (Wildman–Crippen MR) is 86.8 cm³/mol. The Hall–Kier alpha value is -2.53. The van der Waals surface area contributed by atoms with Crippen LogP contribution in [0.15, 0.2) is 54.2 Å². The molecule has 0 fully saturated rings. The minimum atomic E-state index is 0.785. The maximum absolute atomic E-state index is 4.54. The Kier molecular flexibility index (Phi) is 4.02. The normalized spacial score (nSPS) is 11.4. The van der Waals surface area contributed by atoms with Gasteiger partial charge in [-0.05, 0) is 37.3 Å². The summed E-state index contributed by atoms with van der Waals surface area (Å²) in [6.07, 6.45) is 5.51. The van der Waals surface area contributed by atoms with E-state index in [0.29, 0.717) is 0 Å². The summed E-state index contributed by atoms with van der Waals surface area (Å²) >= 11 is 1.60. The molecule has 5 heteroatoms. The van der Waals surface area contributed by atoms with Crippen LogP contribution >= 0.6 is 11.3 Å². The molecule has 0 aliphatic carbocycles. The van der Waals surface area contributed by atoms with Crippen molar-refractivity contribution in [1.82, 2.24) is 15.0 Å². The molecule has 0 saturated carbocycles. The molecular formula is C16H14N4S. The van der Waals surface area contributed by atoms with Crippen molar-refractivity contribution in [1.29, 1.82) is 0 Å². The predicted octanol–water partition coefficient (Wildman–Crippen LogP) is 3.85. The summed E-state index contributed by atoms with van der Waals surface area (Å²) < 4.78 is 0. The van der Waals surface area contributed by atoms with E-state index in [9.17, 15) is 0 Å². The minimum Gasteiger partial charge on any atom is -0.338 e. The molecule has 0 saturated heterocycles. The van der Waals surface area contributed by atoms with Gasteiger partial charge < -0.3 is 5.32 Å². The Balaban J connectivity index is 1.97. The van der Waals surface area contributed by atoms with Gasteiger partial charge in [0.1, 0.15) is 10.8 Å². The van der Waals surface area contributed by atoms with Gasteiger partial charge in [-0.1, -0.05) is 12.1 Å². The van der Waals surface area contributed by atoms with Crippen LogP contribution in [0.2, 0.25) is 0 Å². The molecule has 104 valence electrons. The number of hydrogen-bond acceptors (Lipinski definition) is 5. The van der Waals surface area contributed by atoms with Crippen LogP contribution in [0.4, 0.5) is 5.82 Å². The third-order valence-corrected chi connectivity index (χ3v) is 3.75. The molecule has 1 N–H and O–H groups in total. The molecule has 0 radical (unpaired) electrons. The molecule has 0 aliphatic heterocycles. The van der Waals surface area contributed by atoms with E-state index in [2.05, 4.69) is 20.3 Å². The molecule has 3 rings (SSSR count). The van der Waals surface area contributed by atoms with Crippen LogP contribution in [-0.2, 0) is 0 Å². The summed E-state index contributed by atoms with van der Waals surface area (Å²) in [6.45, 7) is 1.99. The van der Waals surface area contributed by atoms with E-state index in [1.165, 1.54) is 0 Å². The number of nitrogens with one attached hydrogen (secondary N) is 1. The molecule has 0 bridgehead atoms. The average molecular weight is 294 g/mol. The van der Waals surface area contributed by atoms with Crippen molar-refractivity contribution in [2.45, 2.75) is 6.92 Å². The molecule has 0 unspecified atom stereocenters. The zero-order valence-electron chi connectivity index (χ0n) is 11.5. The number of hydrogen-bond donors (Lipinski definition) is 1. The first-order valence-corrected chi connectivity index (χ1v) is 7.42. The Labute approximate surface area is 127 Å². The van der Waals surface area contributed by atoms with Crippen LogP contribution in [0.3, 0.4) is 0 Å². The van der Waals surface area contributed by atoms with E-state index in [1.54, 1.807) is 23.7 Å². The van der Waals surface area contributed by atoms with Crippen molar-refractivity contribution in [2.24, 2.45) is 0 Å². The highest BCUT2D eigenvalue weighted by Crippen LogP contribution is 2.22. The van der Waals surface area contributed by atoms with Gasteiger partial charge in [0.2, 0.25) is 0 Å². The first-order chi connectivity index (χ1) is 10.3. The average Bonchev–Trinajstić information content (AvgIpc) is 2.95. The SMILES string of the molecule is Cc1csc(/C(=C\c2ccccn2)Nc2ccccn2)n1. The van der Waals surface area contributed by atoms with Gasteiger partial charge in [0.25, 0.3) is 0 Å². The van der Waals surface area contributed by atoms with Gasteiger partial charge in [0.05, 0.1) is 11.4 Å². The number of aryl methyl sites for hydroxylation is 1. The van der Waals surface area contributed by atoms with Crippen molar-refractivity contribution < 1.29 is 0 Å². The smallest absolute Gasteiger partial charge is 0.140 e. The van der Waals surface area contributed by atoms with Crippen LogP contribution in [0.1, 0.15) is 16.4 Å². The first kappa shape index (κ1) is 13.5. The second-order valence-corrected chi connectivity index (χ2v) is 5.30. The van der Waals surface area contributed by atoms with Crippen LogP contribution in [0.25, 0.3) is 11.8 Å². The largest absolute Gasteiger partial charge is 0.338 e. The van der Waals surface area contributed by atoms with Gasteiger partial charge in [-0.3, -0.25) is 4.98 Å². The number of rotatable bonds is 4. The molecule has 21 heavy (non-hydrogen) atoms. The maximum Gasteiger partial charge on any atom is 0.140 e. The number of anilines is 1. The van der Waals surface area contributed by atoms with Crippen LogP contribution in [0.5, 0.6) is 0 Å². The zero-order chi connectivity index (χ0) is 14.5. The summed E-state index contributed by atoms with van der Waals surface area (Å²) in [6, 6.07) is 11.6. The van der Waals surface area contributed by atoms with E-state index in [1.807, 2.05) is 54.8 Å². The van der Waals surface area contributed by atoms with Gasteiger partial charge >= 0.3 is 0 Å². The fourth-order valence-corrected chi connectivity index (χ4v) is 2.58. The Morgan fingerprint density at radius 1 is 1.10 bits per heavy atom. The molecule has 0 aromatic carbocycles. The molecule has 0 amide bonds. The van der Waals surface area contributed by atoms with E-state index in [4.69, 9.17) is 0 Å². The van der Waals surface area contributed by atoms with Crippen LogP contribution in [0, 0.1) is 6.92 Å². The standard InChI is InChI=1S/C16H14N4S/c1-12-11-21-16(19-12)14(10-13-6-2-4-8-17-13)20-15-7-3-5-9-18-15/h2-11H,1H3,(H,18,20)/b14-10+. The topological polar surface area (TPSA) is 50.7 Å². The van der Waals surface area contributed by atoms with Crippen molar-refractivity contribution in [3.63, 3.8) is 0 Å². The molecule has 0 spiro atoms. The second-order valence-electron chi connectivity index (χ2n) is 4.45. The van der Waals surface area contributed by atoms with Gasteiger partial charge in [0, 0.05) is 23.5 Å². The molecule has 0 atom stereocenters. The molecule has 3 aromatic rings. The van der Waals surface area contributed by atoms with E-state index in [0.717, 1.165) is 27.9 Å². The summed E-state index contributed by atoms with van der Waals surface area (Å²) in [5.41, 5.74) is 2.78. The third-order valence-electron chi connectivity index (χ3n) is 2.76. The summed E-state index contributed by atoms with van der Waals surface area (Å²) in [7, 11) is 0. The fraction of sp³-hybridized carbons (Fsp3) is 0.0625. The van der Waals surface area contributed by atoms with Crippen LogP contribution < -0.4 is 5.32 Å². The second kappa shape index (κ2) is 6.28. The van der Waals surface area contributed by atoms with Crippen LogP contribution in [-0.4, -0.2) is 15.0 Å². The molecule has 3 heterocycles. The lowest BCUT2D eigenvalue weighted by Gasteiger charge is -2.07. The number of pyridine rings is 2. The summed E-state index contributed by atoms with van der Waals surface area (Å²) in [5, 5.41) is 6.26. The van der Waals surface area contributed by atoms with E-state index < -0.39 is 0 Å². The summed E-state index contributed by atoms with van der Waals surface area (Å²) in [5.74, 6) is 0.785. The number of nitrogens with zero attached hydrogens (tertiary/aromatic N) is 3. The molecule has 0 aliphatic rings. The molecule has 3 aromatic heterocycles. The van der Waals surface area contributed by atoms with E-state index >= 15 is 0 Å². The van der Waals surface area contributed by atoms with Gasteiger partial charge in [-0.2, -0.15) is 0 Å². The van der Waals surface area contributed by atoms with Gasteiger partial charge in [0.15, 0.2) is 0 Å².